The zero-order valence-electron chi connectivity index (χ0n) is 26.4. The average molecular weight is 660 g/mol. The maximum absolute atomic E-state index is 14.5. The van der Waals surface area contributed by atoms with E-state index in [1.165, 1.54) is 35.2 Å². The molecule has 4 aromatic rings. The van der Waals surface area contributed by atoms with Crippen LogP contribution >= 0.6 is 0 Å². The van der Waals surface area contributed by atoms with Crippen LogP contribution < -0.4 is 19.1 Å². The molecule has 2 amide bonds. The Kier molecular flexibility index (Phi) is 10.8. The van der Waals surface area contributed by atoms with Gasteiger partial charge in [-0.15, -0.1) is 0 Å². The van der Waals surface area contributed by atoms with Crippen molar-refractivity contribution in [3.05, 3.63) is 120 Å². The van der Waals surface area contributed by atoms with Crippen LogP contribution in [0.5, 0.6) is 11.5 Å². The van der Waals surface area contributed by atoms with Crippen molar-refractivity contribution in [2.45, 2.75) is 44.2 Å². The number of amides is 2. The first-order valence-corrected chi connectivity index (χ1v) is 16.9. The van der Waals surface area contributed by atoms with Crippen molar-refractivity contribution in [2.75, 3.05) is 30.6 Å². The quantitative estimate of drug-likeness (QED) is 0.210. The zero-order chi connectivity index (χ0) is 33.4. The average Bonchev–Trinajstić information content (AvgIpc) is 3.09. The standard InChI is InChI=1S/C36H38FN3O6S/c1-3-19-38-36(42)32(22-27-7-5-4-6-8-27)39(24-28-11-9-26(2)10-12-28)35(41)25-40(30-15-13-29(37)14-16-30)47(43,44)31-17-18-33-34(23-31)46-21-20-45-33/h4-18,23,32H,3,19-22,24-25H2,1-2H3,(H,38,42)/t32-/m0/s1. The Morgan fingerprint density at radius 1 is 0.872 bits per heavy atom. The molecule has 0 aromatic heterocycles. The highest BCUT2D eigenvalue weighted by Crippen LogP contribution is 2.34. The molecule has 1 aliphatic rings. The Hall–Kier alpha value is -4.90. The Morgan fingerprint density at radius 2 is 1.55 bits per heavy atom. The SMILES string of the molecule is CCCNC(=O)[C@H](Cc1ccccc1)N(Cc1ccc(C)cc1)C(=O)CN(c1ccc(F)cc1)S(=O)(=O)c1ccc2c(c1)OCCO2. The van der Waals surface area contributed by atoms with Crippen LogP contribution in [-0.2, 0) is 32.6 Å². The topological polar surface area (TPSA) is 105 Å². The van der Waals surface area contributed by atoms with Gasteiger partial charge in [-0.1, -0.05) is 67.1 Å². The van der Waals surface area contributed by atoms with Crippen molar-refractivity contribution in [3.8, 4) is 11.5 Å². The molecule has 1 atom stereocenters. The van der Waals surface area contributed by atoms with Crippen molar-refractivity contribution in [2.24, 2.45) is 0 Å². The van der Waals surface area contributed by atoms with E-state index in [1.54, 1.807) is 0 Å². The molecule has 9 nitrogen and oxygen atoms in total. The molecule has 0 saturated heterocycles. The van der Waals surface area contributed by atoms with Gasteiger partial charge >= 0.3 is 0 Å². The normalized spacial score (nSPS) is 13.0. The summed E-state index contributed by atoms with van der Waals surface area (Å²) in [6.45, 7) is 4.29. The summed E-state index contributed by atoms with van der Waals surface area (Å²) in [5.74, 6) is -0.846. The summed E-state index contributed by atoms with van der Waals surface area (Å²) >= 11 is 0. The fraction of sp³-hybridized carbons (Fsp3) is 0.278. The molecule has 4 aromatic carbocycles. The molecular weight excluding hydrogens is 621 g/mol. The van der Waals surface area contributed by atoms with Gasteiger partial charge in [0.2, 0.25) is 11.8 Å². The van der Waals surface area contributed by atoms with Gasteiger partial charge in [0.15, 0.2) is 11.5 Å². The number of nitrogens with one attached hydrogen (secondary N) is 1. The summed E-state index contributed by atoms with van der Waals surface area (Å²) in [5, 5.41) is 2.93. The fourth-order valence-electron chi connectivity index (χ4n) is 5.26. The number of nitrogens with zero attached hydrogens (tertiary/aromatic N) is 2. The fourth-order valence-corrected chi connectivity index (χ4v) is 6.69. The van der Waals surface area contributed by atoms with Gasteiger partial charge in [0.05, 0.1) is 10.6 Å². The number of sulfonamides is 1. The second-order valence-electron chi connectivity index (χ2n) is 11.3. The van der Waals surface area contributed by atoms with E-state index in [1.807, 2.05) is 68.4 Å². The third-order valence-electron chi connectivity index (χ3n) is 7.79. The molecule has 0 radical (unpaired) electrons. The van der Waals surface area contributed by atoms with Gasteiger partial charge in [0.25, 0.3) is 10.0 Å². The molecule has 1 N–H and O–H groups in total. The first-order valence-electron chi connectivity index (χ1n) is 15.5. The minimum absolute atomic E-state index is 0.0531. The minimum Gasteiger partial charge on any atom is -0.486 e. The molecule has 0 bridgehead atoms. The largest absolute Gasteiger partial charge is 0.486 e. The Morgan fingerprint density at radius 3 is 2.23 bits per heavy atom. The summed E-state index contributed by atoms with van der Waals surface area (Å²) < 4.78 is 54.7. The van der Waals surface area contributed by atoms with Gasteiger partial charge in [-0.3, -0.25) is 13.9 Å². The molecule has 0 saturated carbocycles. The van der Waals surface area contributed by atoms with E-state index in [0.717, 1.165) is 33.1 Å². The molecule has 246 valence electrons. The third kappa shape index (κ3) is 8.28. The van der Waals surface area contributed by atoms with E-state index >= 15 is 0 Å². The predicted octanol–water partition coefficient (Wildman–Crippen LogP) is 5.27. The highest BCUT2D eigenvalue weighted by molar-refractivity contribution is 7.92. The Labute approximate surface area is 275 Å². The predicted molar refractivity (Wildman–Crippen MR) is 177 cm³/mol. The number of carbonyl (C=O) groups excluding carboxylic acids is 2. The number of halogens is 1. The Balaban J connectivity index is 1.56. The van der Waals surface area contributed by atoms with Crippen molar-refractivity contribution < 1.29 is 31.9 Å². The number of aryl methyl sites for hydroxylation is 1. The smallest absolute Gasteiger partial charge is 0.264 e. The number of ether oxygens (including phenoxy) is 2. The van der Waals surface area contributed by atoms with Crippen LogP contribution in [-0.4, -0.2) is 57.5 Å². The van der Waals surface area contributed by atoms with Crippen LogP contribution in [0.25, 0.3) is 0 Å². The molecule has 0 aliphatic carbocycles. The number of carbonyl (C=O) groups is 2. The van der Waals surface area contributed by atoms with Crippen LogP contribution in [0.15, 0.2) is 102 Å². The van der Waals surface area contributed by atoms with Crippen molar-refractivity contribution in [3.63, 3.8) is 0 Å². The molecule has 0 fully saturated rings. The number of hydrogen-bond donors (Lipinski definition) is 1. The van der Waals surface area contributed by atoms with Crippen LogP contribution in [0.4, 0.5) is 10.1 Å². The maximum Gasteiger partial charge on any atom is 0.264 e. The van der Waals surface area contributed by atoms with Crippen LogP contribution in [0.2, 0.25) is 0 Å². The monoisotopic (exact) mass is 659 g/mol. The summed E-state index contributed by atoms with van der Waals surface area (Å²) in [5.41, 5.74) is 2.72. The molecule has 1 aliphatic heterocycles. The highest BCUT2D eigenvalue weighted by Gasteiger charge is 2.35. The van der Waals surface area contributed by atoms with Crippen LogP contribution in [0, 0.1) is 12.7 Å². The van der Waals surface area contributed by atoms with Gasteiger partial charge < -0.3 is 19.7 Å². The second kappa shape index (κ2) is 15.1. The lowest BCUT2D eigenvalue weighted by molar-refractivity contribution is -0.140. The van der Waals surface area contributed by atoms with E-state index in [2.05, 4.69) is 5.32 Å². The van der Waals surface area contributed by atoms with Crippen LogP contribution in [0.3, 0.4) is 0 Å². The lowest BCUT2D eigenvalue weighted by Gasteiger charge is -2.34. The van der Waals surface area contributed by atoms with Gasteiger partial charge in [-0.05, 0) is 60.9 Å². The maximum atomic E-state index is 14.5. The first-order chi connectivity index (χ1) is 22.7. The molecule has 47 heavy (non-hydrogen) atoms. The number of hydrogen-bond acceptors (Lipinski definition) is 6. The number of rotatable bonds is 13. The molecule has 0 unspecified atom stereocenters. The van der Waals surface area contributed by atoms with Gasteiger partial charge in [0, 0.05) is 25.6 Å². The highest BCUT2D eigenvalue weighted by atomic mass is 32.2. The van der Waals surface area contributed by atoms with E-state index in [-0.39, 0.29) is 41.8 Å². The van der Waals surface area contributed by atoms with E-state index in [9.17, 15) is 22.4 Å². The first kappa shape index (κ1) is 33.5. The van der Waals surface area contributed by atoms with E-state index < -0.39 is 34.3 Å². The molecule has 11 heteroatoms. The number of fused-ring (bicyclic) bond motifs is 1. The van der Waals surface area contributed by atoms with E-state index in [0.29, 0.717) is 25.3 Å². The van der Waals surface area contributed by atoms with E-state index in [4.69, 9.17) is 9.47 Å². The van der Waals surface area contributed by atoms with Gasteiger partial charge in [-0.2, -0.15) is 0 Å². The lowest BCUT2D eigenvalue weighted by atomic mass is 10.0. The van der Waals surface area contributed by atoms with Crippen molar-refractivity contribution >= 4 is 27.5 Å². The molecular formula is C36H38FN3O6S. The summed E-state index contributed by atoms with van der Waals surface area (Å²) in [4.78, 5) is 29.5. The zero-order valence-corrected chi connectivity index (χ0v) is 27.2. The lowest BCUT2D eigenvalue weighted by Crippen LogP contribution is -2.53. The summed E-state index contributed by atoms with van der Waals surface area (Å²) in [7, 11) is -4.40. The summed E-state index contributed by atoms with van der Waals surface area (Å²) in [6, 6.07) is 25.1. The van der Waals surface area contributed by atoms with Crippen molar-refractivity contribution in [1.29, 1.82) is 0 Å². The third-order valence-corrected chi connectivity index (χ3v) is 9.56. The molecule has 5 rings (SSSR count). The number of benzene rings is 4. The molecule has 0 spiro atoms. The second-order valence-corrected chi connectivity index (χ2v) is 13.2. The Bertz CT molecular complexity index is 1780. The van der Waals surface area contributed by atoms with Crippen LogP contribution in [0.1, 0.15) is 30.0 Å². The van der Waals surface area contributed by atoms with Gasteiger partial charge in [-0.25, -0.2) is 12.8 Å². The minimum atomic E-state index is -4.40. The number of anilines is 1. The van der Waals surface area contributed by atoms with Gasteiger partial charge in [0.1, 0.15) is 31.6 Å². The van der Waals surface area contributed by atoms with Crippen molar-refractivity contribution in [1.82, 2.24) is 10.2 Å². The molecule has 1 heterocycles. The summed E-state index contributed by atoms with van der Waals surface area (Å²) in [6.07, 6.45) is 0.904.